The average molecular weight is 555 g/mol. The number of fused-ring (bicyclic) bond motifs is 2. The molecule has 0 unspecified atom stereocenters. The van der Waals surface area contributed by atoms with Gasteiger partial charge >= 0.3 is 0 Å². The fraction of sp³-hybridized carbons (Fsp3) is 0.562. The molecule has 2 aromatic rings. The van der Waals surface area contributed by atoms with Crippen LogP contribution in [0.2, 0.25) is 0 Å². The Morgan fingerprint density at radius 2 is 1.95 bits per heavy atom. The molecular formula is C32H42N8O. The van der Waals surface area contributed by atoms with Crippen molar-refractivity contribution in [1.82, 2.24) is 19.8 Å². The second-order valence-electron chi connectivity index (χ2n) is 12.1. The maximum atomic E-state index is 12.6. The molecule has 0 spiro atoms. The number of likely N-dealkylation sites (N-methyl/N-ethyl adjacent to an activating group) is 1. The van der Waals surface area contributed by atoms with E-state index < -0.39 is 0 Å². The monoisotopic (exact) mass is 554 g/mol. The Bertz CT molecular complexity index is 1340. The molecule has 0 N–H and O–H groups in total. The van der Waals surface area contributed by atoms with Gasteiger partial charge in [0.05, 0.1) is 24.2 Å². The van der Waals surface area contributed by atoms with Crippen molar-refractivity contribution in [2.24, 2.45) is 0 Å². The zero-order valence-corrected chi connectivity index (χ0v) is 24.5. The molecule has 216 valence electrons. The molecule has 1 aromatic carbocycles. The summed E-state index contributed by atoms with van der Waals surface area (Å²) < 4.78 is 0. The number of amides is 1. The number of nitriles is 1. The summed E-state index contributed by atoms with van der Waals surface area (Å²) in [7, 11) is 4.29. The van der Waals surface area contributed by atoms with E-state index in [1.165, 1.54) is 35.0 Å². The van der Waals surface area contributed by atoms with Crippen LogP contribution in [0, 0.1) is 11.3 Å². The van der Waals surface area contributed by atoms with Gasteiger partial charge in [-0.2, -0.15) is 10.2 Å². The number of carbonyl (C=O) groups is 1. The molecule has 0 radical (unpaired) electrons. The number of aryl methyl sites for hydroxylation is 1. The third-order valence-electron chi connectivity index (χ3n) is 9.55. The molecule has 9 nitrogen and oxygen atoms in total. The molecular weight excluding hydrogens is 512 g/mol. The van der Waals surface area contributed by atoms with Crippen molar-refractivity contribution in [3.8, 4) is 6.07 Å². The molecule has 0 bridgehead atoms. The molecule has 1 amide bonds. The van der Waals surface area contributed by atoms with Crippen LogP contribution in [0.25, 0.3) is 0 Å². The Morgan fingerprint density at radius 1 is 1.10 bits per heavy atom. The number of hydrogen-bond acceptors (Lipinski definition) is 8. The van der Waals surface area contributed by atoms with Crippen LogP contribution in [-0.4, -0.2) is 97.2 Å². The Morgan fingerprint density at radius 3 is 2.73 bits per heavy atom. The Hall–Kier alpha value is -3.64. The molecule has 4 heterocycles. The van der Waals surface area contributed by atoms with E-state index >= 15 is 0 Å². The van der Waals surface area contributed by atoms with E-state index in [9.17, 15) is 10.1 Å². The van der Waals surface area contributed by atoms with E-state index in [1.54, 1.807) is 4.90 Å². The van der Waals surface area contributed by atoms with Crippen LogP contribution in [0.5, 0.6) is 0 Å². The van der Waals surface area contributed by atoms with E-state index in [4.69, 9.17) is 9.97 Å². The number of hydrogen-bond donors (Lipinski definition) is 0. The van der Waals surface area contributed by atoms with E-state index in [-0.39, 0.29) is 11.9 Å². The summed E-state index contributed by atoms with van der Waals surface area (Å²) in [4.78, 5) is 34.5. The van der Waals surface area contributed by atoms with Crippen molar-refractivity contribution >= 4 is 23.4 Å². The molecule has 1 aliphatic carbocycles. The molecule has 3 aliphatic heterocycles. The summed E-state index contributed by atoms with van der Waals surface area (Å²) in [6.07, 6.45) is 8.01. The van der Waals surface area contributed by atoms with Crippen LogP contribution in [-0.2, 0) is 24.1 Å². The van der Waals surface area contributed by atoms with E-state index in [2.05, 4.69) is 70.6 Å². The van der Waals surface area contributed by atoms with Crippen molar-refractivity contribution in [2.45, 2.75) is 63.1 Å². The molecule has 41 heavy (non-hydrogen) atoms. The third-order valence-corrected chi connectivity index (χ3v) is 9.55. The highest BCUT2D eigenvalue weighted by atomic mass is 16.2. The standard InChI is InChI=1S/C32H42N8O/c1-4-30(41)40-19-18-37(22-26(40)13-15-33)31-27-12-11-24(39-16-7-9-23-8-5-6-10-29(23)39)20-28(27)34-32(35-31)38-17-14-25(21-38)36(2)3/h4-6,8,10,24-26H,1,7,9,11-14,16-22H2,2-3H3/t24-,25+,26-/m0/s1. The first-order valence-electron chi connectivity index (χ1n) is 15.2. The fourth-order valence-corrected chi connectivity index (χ4v) is 7.26. The highest BCUT2D eigenvalue weighted by Gasteiger charge is 2.36. The quantitative estimate of drug-likeness (QED) is 0.504. The first kappa shape index (κ1) is 27.5. The highest BCUT2D eigenvalue weighted by Crippen LogP contribution is 2.37. The van der Waals surface area contributed by atoms with Gasteiger partial charge < -0.3 is 24.5 Å². The lowest BCUT2D eigenvalue weighted by Crippen LogP contribution is -2.55. The van der Waals surface area contributed by atoms with Gasteiger partial charge in [0.25, 0.3) is 0 Å². The normalized spacial score (nSPS) is 24.2. The average Bonchev–Trinajstić information content (AvgIpc) is 3.51. The largest absolute Gasteiger partial charge is 0.368 e. The molecule has 2 fully saturated rings. The second-order valence-corrected chi connectivity index (χ2v) is 12.1. The predicted octanol–water partition coefficient (Wildman–Crippen LogP) is 3.04. The van der Waals surface area contributed by atoms with Crippen molar-refractivity contribution in [3.05, 3.63) is 53.7 Å². The Kier molecular flexibility index (Phi) is 7.85. The number of anilines is 3. The van der Waals surface area contributed by atoms with Gasteiger partial charge in [0.15, 0.2) is 0 Å². The van der Waals surface area contributed by atoms with Crippen LogP contribution < -0.4 is 14.7 Å². The molecule has 6 rings (SSSR count). The van der Waals surface area contributed by atoms with Crippen LogP contribution in [0.1, 0.15) is 42.5 Å². The lowest BCUT2D eigenvalue weighted by Gasteiger charge is -2.43. The number of piperazine rings is 1. The second kappa shape index (κ2) is 11.7. The van der Waals surface area contributed by atoms with E-state index in [0.717, 1.165) is 63.5 Å². The van der Waals surface area contributed by atoms with Gasteiger partial charge in [-0.3, -0.25) is 4.79 Å². The smallest absolute Gasteiger partial charge is 0.246 e. The van der Waals surface area contributed by atoms with Crippen LogP contribution in [0.3, 0.4) is 0 Å². The minimum absolute atomic E-state index is 0.105. The minimum atomic E-state index is -0.181. The number of nitrogens with zero attached hydrogens (tertiary/aromatic N) is 8. The SMILES string of the molecule is C=CC(=O)N1CCN(c2nc(N3CC[C@@H](N(C)C)C3)nc3c2CC[C@H](N2CCCc4ccccc42)C3)C[C@@H]1CC#N. The lowest BCUT2D eigenvalue weighted by molar-refractivity contribution is -0.128. The number of benzene rings is 1. The van der Waals surface area contributed by atoms with E-state index in [1.807, 2.05) is 0 Å². The van der Waals surface area contributed by atoms with Gasteiger partial charge in [-0.15, -0.1) is 0 Å². The van der Waals surface area contributed by atoms with Crippen LogP contribution in [0.15, 0.2) is 36.9 Å². The predicted molar refractivity (Wildman–Crippen MR) is 162 cm³/mol. The van der Waals surface area contributed by atoms with Crippen molar-refractivity contribution < 1.29 is 4.79 Å². The van der Waals surface area contributed by atoms with Gasteiger partial charge in [0, 0.05) is 69.0 Å². The summed E-state index contributed by atoms with van der Waals surface area (Å²) in [5.74, 6) is 1.72. The summed E-state index contributed by atoms with van der Waals surface area (Å²) >= 11 is 0. The van der Waals surface area contributed by atoms with Crippen molar-refractivity contribution in [1.29, 1.82) is 5.26 Å². The highest BCUT2D eigenvalue weighted by molar-refractivity contribution is 5.87. The number of para-hydroxylation sites is 1. The summed E-state index contributed by atoms with van der Waals surface area (Å²) in [6, 6.07) is 11.9. The molecule has 2 saturated heterocycles. The van der Waals surface area contributed by atoms with Gasteiger partial charge in [0.2, 0.25) is 11.9 Å². The van der Waals surface area contributed by atoms with Gasteiger partial charge in [-0.05, 0) is 63.9 Å². The Labute approximate surface area is 244 Å². The zero-order valence-electron chi connectivity index (χ0n) is 24.5. The lowest BCUT2D eigenvalue weighted by atomic mass is 9.88. The number of aromatic nitrogens is 2. The molecule has 1 aromatic heterocycles. The van der Waals surface area contributed by atoms with Crippen LogP contribution >= 0.6 is 0 Å². The summed E-state index contributed by atoms with van der Waals surface area (Å²) in [5.41, 5.74) is 5.25. The summed E-state index contributed by atoms with van der Waals surface area (Å²) in [6.45, 7) is 8.48. The number of rotatable bonds is 6. The van der Waals surface area contributed by atoms with Crippen molar-refractivity contribution in [3.63, 3.8) is 0 Å². The number of carbonyl (C=O) groups excluding carboxylic acids is 1. The fourth-order valence-electron chi connectivity index (χ4n) is 7.26. The Balaban J connectivity index is 1.33. The minimum Gasteiger partial charge on any atom is -0.368 e. The van der Waals surface area contributed by atoms with Gasteiger partial charge in [-0.25, -0.2) is 4.98 Å². The third kappa shape index (κ3) is 5.38. The molecule has 9 heteroatoms. The maximum Gasteiger partial charge on any atom is 0.246 e. The topological polar surface area (TPSA) is 82.8 Å². The summed E-state index contributed by atoms with van der Waals surface area (Å²) in [5, 5.41) is 9.55. The van der Waals surface area contributed by atoms with Crippen molar-refractivity contribution in [2.75, 3.05) is 68.1 Å². The first-order chi connectivity index (χ1) is 20.0. The van der Waals surface area contributed by atoms with E-state index in [0.29, 0.717) is 38.1 Å². The molecule has 0 saturated carbocycles. The van der Waals surface area contributed by atoms with Crippen LogP contribution in [0.4, 0.5) is 17.5 Å². The first-order valence-corrected chi connectivity index (χ1v) is 15.2. The van der Waals surface area contributed by atoms with Gasteiger partial charge in [-0.1, -0.05) is 24.8 Å². The maximum absolute atomic E-state index is 12.6. The molecule has 3 atom stereocenters. The van der Waals surface area contributed by atoms with Gasteiger partial charge in [0.1, 0.15) is 5.82 Å². The molecule has 4 aliphatic rings. The zero-order chi connectivity index (χ0) is 28.5.